The van der Waals surface area contributed by atoms with E-state index in [1.807, 2.05) is 30.3 Å². The Balaban J connectivity index is 2.34. The highest BCUT2D eigenvalue weighted by Crippen LogP contribution is 2.24. The van der Waals surface area contributed by atoms with E-state index in [1.165, 1.54) is 11.8 Å². The molecular formula is C15H12N2O2. The van der Waals surface area contributed by atoms with E-state index in [2.05, 4.69) is 4.98 Å². The van der Waals surface area contributed by atoms with Crippen LogP contribution in [0.3, 0.4) is 0 Å². The van der Waals surface area contributed by atoms with Crippen LogP contribution < -0.4 is 10.4 Å². The molecule has 0 spiro atoms. The Labute approximate surface area is 109 Å². The molecule has 2 aromatic heterocycles. The molecule has 0 unspecified atom stereocenters. The van der Waals surface area contributed by atoms with Crippen molar-refractivity contribution >= 4 is 10.9 Å². The summed E-state index contributed by atoms with van der Waals surface area (Å²) in [4.78, 5) is 21.6. The van der Waals surface area contributed by atoms with Crippen molar-refractivity contribution < 1.29 is 4.84 Å². The number of aromatic nitrogens is 2. The summed E-state index contributed by atoms with van der Waals surface area (Å²) < 4.78 is 1.21. The van der Waals surface area contributed by atoms with Crippen LogP contribution >= 0.6 is 0 Å². The van der Waals surface area contributed by atoms with Gasteiger partial charge in [-0.05, 0) is 18.2 Å². The highest BCUT2D eigenvalue weighted by Gasteiger charge is 2.09. The van der Waals surface area contributed by atoms with Crippen LogP contribution in [0, 0.1) is 0 Å². The molecule has 0 aliphatic carbocycles. The topological polar surface area (TPSA) is 44.1 Å². The number of pyridine rings is 2. The summed E-state index contributed by atoms with van der Waals surface area (Å²) in [5.41, 5.74) is 2.02. The molecule has 3 rings (SSSR count). The fourth-order valence-corrected chi connectivity index (χ4v) is 2.15. The van der Waals surface area contributed by atoms with Crippen molar-refractivity contribution in [3.05, 3.63) is 65.2 Å². The van der Waals surface area contributed by atoms with Gasteiger partial charge in [-0.25, -0.2) is 0 Å². The van der Waals surface area contributed by atoms with Gasteiger partial charge in [0.25, 0.3) is 5.56 Å². The van der Waals surface area contributed by atoms with Crippen molar-refractivity contribution in [3.8, 4) is 11.1 Å². The summed E-state index contributed by atoms with van der Waals surface area (Å²) in [6.07, 6.45) is 3.31. The summed E-state index contributed by atoms with van der Waals surface area (Å²) in [5.74, 6) is 0. The summed E-state index contributed by atoms with van der Waals surface area (Å²) in [6.45, 7) is 0. The fourth-order valence-electron chi connectivity index (χ4n) is 2.15. The van der Waals surface area contributed by atoms with Gasteiger partial charge >= 0.3 is 0 Å². The minimum absolute atomic E-state index is 0.192. The van der Waals surface area contributed by atoms with Crippen LogP contribution in [-0.4, -0.2) is 16.8 Å². The monoisotopic (exact) mass is 252 g/mol. The van der Waals surface area contributed by atoms with Crippen LogP contribution in [0.1, 0.15) is 0 Å². The van der Waals surface area contributed by atoms with E-state index in [0.717, 1.165) is 16.5 Å². The lowest BCUT2D eigenvalue weighted by molar-refractivity contribution is 0.157. The molecule has 0 saturated carbocycles. The molecule has 0 atom stereocenters. The standard InChI is InChI=1S/C15H12N2O2/c1-19-17-10-4-8-13(15(17)18)12-7-2-5-11-6-3-9-16-14(11)12/h2-10H,1H3. The van der Waals surface area contributed by atoms with Crippen LogP contribution in [0.15, 0.2) is 59.7 Å². The average Bonchev–Trinajstić information content (AvgIpc) is 2.47. The van der Waals surface area contributed by atoms with Gasteiger partial charge in [-0.3, -0.25) is 9.78 Å². The number of rotatable bonds is 2. The molecule has 1 aromatic carbocycles. The van der Waals surface area contributed by atoms with Crippen LogP contribution in [0.5, 0.6) is 0 Å². The molecule has 0 aliphatic rings. The third-order valence-corrected chi connectivity index (χ3v) is 3.03. The number of hydrogen-bond donors (Lipinski definition) is 0. The summed E-state index contributed by atoms with van der Waals surface area (Å²) >= 11 is 0. The first-order valence-electron chi connectivity index (χ1n) is 5.91. The summed E-state index contributed by atoms with van der Waals surface area (Å²) in [6, 6.07) is 13.2. The SMILES string of the molecule is COn1cccc(-c2cccc3cccnc23)c1=O. The first kappa shape index (κ1) is 11.5. The third kappa shape index (κ3) is 1.87. The number of hydrogen-bond acceptors (Lipinski definition) is 3. The minimum atomic E-state index is -0.192. The molecule has 0 bridgehead atoms. The van der Waals surface area contributed by atoms with Gasteiger partial charge in [0.1, 0.15) is 7.11 Å². The van der Waals surface area contributed by atoms with E-state index in [9.17, 15) is 4.79 Å². The van der Waals surface area contributed by atoms with Gasteiger partial charge in [0, 0.05) is 23.3 Å². The van der Waals surface area contributed by atoms with Gasteiger partial charge in [0.05, 0.1) is 11.1 Å². The van der Waals surface area contributed by atoms with E-state index in [-0.39, 0.29) is 5.56 Å². The minimum Gasteiger partial charge on any atom is -0.414 e. The smallest absolute Gasteiger partial charge is 0.290 e. The molecule has 0 saturated heterocycles. The Morgan fingerprint density at radius 3 is 2.68 bits per heavy atom. The number of fused-ring (bicyclic) bond motifs is 1. The van der Waals surface area contributed by atoms with Gasteiger partial charge < -0.3 is 4.84 Å². The van der Waals surface area contributed by atoms with E-state index in [4.69, 9.17) is 4.84 Å². The van der Waals surface area contributed by atoms with Crippen LogP contribution in [0.2, 0.25) is 0 Å². The highest BCUT2D eigenvalue weighted by atomic mass is 16.6. The van der Waals surface area contributed by atoms with Gasteiger partial charge in [-0.1, -0.05) is 24.3 Å². The maximum absolute atomic E-state index is 12.3. The maximum Gasteiger partial charge on any atom is 0.290 e. The first-order valence-corrected chi connectivity index (χ1v) is 5.91. The molecule has 94 valence electrons. The Morgan fingerprint density at radius 1 is 1.05 bits per heavy atom. The number of para-hydroxylation sites is 1. The van der Waals surface area contributed by atoms with E-state index < -0.39 is 0 Å². The van der Waals surface area contributed by atoms with E-state index in [1.54, 1.807) is 24.5 Å². The third-order valence-electron chi connectivity index (χ3n) is 3.03. The molecule has 0 amide bonds. The van der Waals surface area contributed by atoms with Gasteiger partial charge in [-0.2, -0.15) is 4.73 Å². The van der Waals surface area contributed by atoms with E-state index in [0.29, 0.717) is 5.56 Å². The molecule has 4 heteroatoms. The molecular weight excluding hydrogens is 240 g/mol. The quantitative estimate of drug-likeness (QED) is 0.701. The molecule has 4 nitrogen and oxygen atoms in total. The van der Waals surface area contributed by atoms with Crippen LogP contribution in [0.25, 0.3) is 22.0 Å². The Morgan fingerprint density at radius 2 is 1.84 bits per heavy atom. The number of nitrogens with zero attached hydrogens (tertiary/aromatic N) is 2. The highest BCUT2D eigenvalue weighted by molar-refractivity contribution is 5.93. The summed E-state index contributed by atoms with van der Waals surface area (Å²) in [5, 5.41) is 1.01. The molecule has 0 N–H and O–H groups in total. The second-order valence-corrected chi connectivity index (χ2v) is 4.12. The van der Waals surface area contributed by atoms with Gasteiger partial charge in [-0.15, -0.1) is 0 Å². The lowest BCUT2D eigenvalue weighted by atomic mass is 10.0. The molecule has 2 heterocycles. The summed E-state index contributed by atoms with van der Waals surface area (Å²) in [7, 11) is 1.46. The van der Waals surface area contributed by atoms with Crippen molar-refractivity contribution in [1.29, 1.82) is 0 Å². The zero-order valence-corrected chi connectivity index (χ0v) is 10.4. The zero-order valence-electron chi connectivity index (χ0n) is 10.4. The Bertz CT molecular complexity index is 788. The average molecular weight is 252 g/mol. The molecule has 0 radical (unpaired) electrons. The van der Waals surface area contributed by atoms with Crippen molar-refractivity contribution in [2.75, 3.05) is 7.11 Å². The van der Waals surface area contributed by atoms with Gasteiger partial charge in [0.2, 0.25) is 0 Å². The van der Waals surface area contributed by atoms with Crippen LogP contribution in [-0.2, 0) is 0 Å². The molecule has 0 aliphatic heterocycles. The number of benzene rings is 1. The van der Waals surface area contributed by atoms with Crippen molar-refractivity contribution in [2.45, 2.75) is 0 Å². The fraction of sp³-hybridized carbons (Fsp3) is 0.0667. The predicted octanol–water partition coefficient (Wildman–Crippen LogP) is 2.12. The maximum atomic E-state index is 12.3. The Hall–Kier alpha value is -2.62. The zero-order chi connectivity index (χ0) is 13.2. The van der Waals surface area contributed by atoms with Crippen molar-refractivity contribution in [2.24, 2.45) is 0 Å². The lowest BCUT2D eigenvalue weighted by Crippen LogP contribution is -2.25. The molecule has 0 fully saturated rings. The second-order valence-electron chi connectivity index (χ2n) is 4.12. The first-order chi connectivity index (χ1) is 9.31. The molecule has 3 aromatic rings. The van der Waals surface area contributed by atoms with Crippen LogP contribution in [0.4, 0.5) is 0 Å². The van der Waals surface area contributed by atoms with Crippen molar-refractivity contribution in [1.82, 2.24) is 9.71 Å². The largest absolute Gasteiger partial charge is 0.414 e. The predicted molar refractivity (Wildman–Crippen MR) is 73.9 cm³/mol. The molecule has 19 heavy (non-hydrogen) atoms. The Kier molecular flexibility index (Phi) is 2.76. The van der Waals surface area contributed by atoms with Crippen molar-refractivity contribution in [3.63, 3.8) is 0 Å². The van der Waals surface area contributed by atoms with Gasteiger partial charge in [0.15, 0.2) is 0 Å². The normalized spacial score (nSPS) is 10.6. The lowest BCUT2D eigenvalue weighted by Gasteiger charge is -2.08. The second kappa shape index (κ2) is 4.57. The van der Waals surface area contributed by atoms with E-state index >= 15 is 0 Å².